The minimum absolute atomic E-state index is 0.0198. The largest absolute Gasteiger partial charge is 0.293 e. The molecular weight excluding hydrogens is 1440 g/mol. The Morgan fingerprint density at radius 2 is 0.424 bits per heavy atom. The third-order valence-corrected chi connectivity index (χ3v) is 22.2. The van der Waals surface area contributed by atoms with Gasteiger partial charge in [-0.2, -0.15) is 0 Å². The summed E-state index contributed by atoms with van der Waals surface area (Å²) in [5.74, 6) is 4.96. The number of rotatable bonds is 14. The zero-order chi connectivity index (χ0) is 79.9. The van der Waals surface area contributed by atoms with E-state index in [4.69, 9.17) is 39.9 Å². The van der Waals surface area contributed by atoms with Crippen LogP contribution < -0.4 is 0 Å². The number of hydrogen-bond acceptors (Lipinski definition) is 8. The molecule has 0 unspecified atom stereocenters. The lowest BCUT2D eigenvalue weighted by atomic mass is 9.85. The minimum Gasteiger partial charge on any atom is -0.293 e. The molecule has 14 aromatic carbocycles. The first kappa shape index (κ1) is 73.2. The van der Waals surface area contributed by atoms with E-state index in [2.05, 4.69) is 299 Å². The molecule has 564 valence electrons. The Bertz CT molecular complexity index is 6800. The van der Waals surface area contributed by atoms with Crippen LogP contribution in [0.5, 0.6) is 0 Å². The third kappa shape index (κ3) is 14.4. The van der Waals surface area contributed by atoms with Gasteiger partial charge >= 0.3 is 0 Å². The van der Waals surface area contributed by atoms with E-state index >= 15 is 0 Å². The predicted octanol–water partition coefficient (Wildman–Crippen LogP) is 27.3. The molecule has 20 aromatic rings. The van der Waals surface area contributed by atoms with Gasteiger partial charge in [0, 0.05) is 67.3 Å². The summed E-state index contributed by atoms with van der Waals surface area (Å²) >= 11 is 0. The number of aromatic nitrogens is 10. The topological polar surface area (TPSA) is 113 Å². The van der Waals surface area contributed by atoms with Crippen LogP contribution in [0.1, 0.15) is 52.7 Å². The highest BCUT2D eigenvalue weighted by Gasteiger charge is 2.28. The van der Waals surface area contributed by atoms with Crippen LogP contribution in [0.25, 0.3) is 190 Å². The summed E-state index contributed by atoms with van der Waals surface area (Å²) in [6.45, 7) is 13.6. The maximum absolute atomic E-state index is 5.44. The van der Waals surface area contributed by atoms with Crippen LogP contribution in [0.3, 0.4) is 0 Å². The first-order chi connectivity index (χ1) is 57.8. The summed E-state index contributed by atoms with van der Waals surface area (Å²) in [5.41, 5.74) is 25.2. The van der Waals surface area contributed by atoms with Crippen LogP contribution in [0, 0.1) is 0 Å². The number of pyridine rings is 2. The fraction of sp³-hybridized carbons (Fsp3) is 0.0741. The fourth-order valence-electron chi connectivity index (χ4n) is 16.0. The predicted molar refractivity (Wildman–Crippen MR) is 487 cm³/mol. The van der Waals surface area contributed by atoms with E-state index in [-0.39, 0.29) is 10.8 Å². The van der Waals surface area contributed by atoms with E-state index in [1.807, 2.05) is 140 Å². The van der Waals surface area contributed by atoms with Gasteiger partial charge in [-0.3, -0.25) is 9.13 Å². The van der Waals surface area contributed by atoms with Crippen LogP contribution in [-0.4, -0.2) is 49.0 Å². The zero-order valence-electron chi connectivity index (χ0n) is 66.4. The van der Waals surface area contributed by atoms with E-state index in [9.17, 15) is 0 Å². The second kappa shape index (κ2) is 31.1. The molecule has 0 N–H and O–H groups in total. The highest BCUT2D eigenvalue weighted by Crippen LogP contribution is 2.45. The average molecular weight is 1520 g/mol. The van der Waals surface area contributed by atoms with Gasteiger partial charge in [0.25, 0.3) is 0 Å². The van der Waals surface area contributed by atoms with Gasteiger partial charge in [0.1, 0.15) is 11.6 Å². The van der Waals surface area contributed by atoms with Crippen LogP contribution >= 0.6 is 0 Å². The third-order valence-electron chi connectivity index (χ3n) is 22.2. The Hall–Kier alpha value is -15.0. The van der Waals surface area contributed by atoms with Crippen LogP contribution in [-0.2, 0) is 10.8 Å². The number of hydrogen-bond donors (Lipinski definition) is 0. The first-order valence-electron chi connectivity index (χ1n) is 40.1. The minimum atomic E-state index is -0.0198. The van der Waals surface area contributed by atoms with Gasteiger partial charge in [-0.1, -0.05) is 357 Å². The van der Waals surface area contributed by atoms with E-state index in [0.29, 0.717) is 34.9 Å². The number of nitrogens with zero attached hydrogens (tertiary/aromatic N) is 10. The second-order valence-electron chi connectivity index (χ2n) is 31.9. The first-order valence-corrected chi connectivity index (χ1v) is 40.1. The smallest absolute Gasteiger partial charge is 0.167 e. The molecule has 6 heterocycles. The van der Waals surface area contributed by atoms with Crippen molar-refractivity contribution in [1.29, 1.82) is 0 Å². The summed E-state index contributed by atoms with van der Waals surface area (Å²) in [6, 6.07) is 131. The van der Waals surface area contributed by atoms with Crippen LogP contribution in [0.4, 0.5) is 0 Å². The van der Waals surface area contributed by atoms with Gasteiger partial charge in [0.15, 0.2) is 34.9 Å². The molecule has 0 amide bonds. The van der Waals surface area contributed by atoms with E-state index in [0.717, 1.165) is 145 Å². The van der Waals surface area contributed by atoms with Crippen molar-refractivity contribution in [3.63, 3.8) is 0 Å². The van der Waals surface area contributed by atoms with Crippen molar-refractivity contribution in [3.05, 3.63) is 400 Å². The lowest BCUT2D eigenvalue weighted by molar-refractivity contribution is 0.590. The van der Waals surface area contributed by atoms with Crippen molar-refractivity contribution >= 4 is 43.6 Å². The van der Waals surface area contributed by atoms with Crippen molar-refractivity contribution in [2.24, 2.45) is 0 Å². The highest BCUT2D eigenvalue weighted by molar-refractivity contribution is 6.13. The summed E-state index contributed by atoms with van der Waals surface area (Å²) in [7, 11) is 0. The highest BCUT2D eigenvalue weighted by atomic mass is 15.1. The van der Waals surface area contributed by atoms with E-state index in [1.165, 1.54) is 21.9 Å². The summed E-state index contributed by atoms with van der Waals surface area (Å²) in [6.07, 6.45) is 4.00. The Balaban J connectivity index is 0.000000157. The quantitative estimate of drug-likeness (QED) is 0.106. The lowest BCUT2D eigenvalue weighted by Crippen LogP contribution is -2.10. The van der Waals surface area contributed by atoms with Gasteiger partial charge in [-0.25, -0.2) is 39.9 Å². The average Bonchev–Trinajstić information content (AvgIpc) is 1.44. The Kier molecular flexibility index (Phi) is 19.3. The van der Waals surface area contributed by atoms with Gasteiger partial charge in [0.2, 0.25) is 0 Å². The molecule has 10 heteroatoms. The van der Waals surface area contributed by atoms with Gasteiger partial charge in [-0.15, -0.1) is 0 Å². The van der Waals surface area contributed by atoms with Crippen molar-refractivity contribution < 1.29 is 0 Å². The molecule has 0 fully saturated rings. The summed E-state index contributed by atoms with van der Waals surface area (Å²) in [4.78, 5) is 42.0. The SMILES string of the molecule is CC(C)(C)c1ccc2c(c1)c1cc(C(C)(C)C)ccc1n2-c1ncc(-c2ccccc2-c2ccccc2)cc1-c1nc(-c2ccccc2)nc(-c2ccccc2)n1.c1ccc(-c2ccc3c(c2)c2cc(-c4ccccc4)ccc2n3-c2ncc(-c3ccccc3-c3ccccc3)cc2-c2nc(-c3ccccc3)nc(-c3ccccc3)n2)cc1. The Morgan fingerprint density at radius 1 is 0.186 bits per heavy atom. The molecule has 0 spiro atoms. The molecule has 0 aliphatic rings. The monoisotopic (exact) mass is 1520 g/mol. The molecule has 20 rings (SSSR count). The summed E-state index contributed by atoms with van der Waals surface area (Å²) < 4.78 is 4.59. The second-order valence-corrected chi connectivity index (χ2v) is 31.9. The summed E-state index contributed by atoms with van der Waals surface area (Å²) in [5, 5.41) is 4.65. The molecule has 0 aliphatic heterocycles. The maximum atomic E-state index is 5.44. The molecule has 6 aromatic heterocycles. The molecule has 0 bridgehead atoms. The van der Waals surface area contributed by atoms with Crippen molar-refractivity contribution in [1.82, 2.24) is 49.0 Å². The molecule has 0 saturated carbocycles. The Morgan fingerprint density at radius 3 is 0.712 bits per heavy atom. The van der Waals surface area contributed by atoms with Gasteiger partial charge in [-0.05, 0) is 138 Å². The van der Waals surface area contributed by atoms with Crippen molar-refractivity contribution in [3.8, 4) is 147 Å². The van der Waals surface area contributed by atoms with Crippen LogP contribution in [0.15, 0.2) is 389 Å². The molecule has 0 saturated heterocycles. The standard InChI is InChI=1S/C56H37N5.C52H45N5/c1-6-18-38(19-7-1)43-30-32-51-48(34-43)49-35-44(39-20-8-2-9-21-39)31-33-52(49)61(51)56-50(36-45(37-57-56)47-29-17-16-28-46(47)40-22-10-3-11-23-40)55-59-53(41-24-12-4-13-25-41)58-54(60-55)42-26-14-5-15-27-42;1-51(2,3)38-26-28-45-42(31-38)43-32-39(52(4,5)6)27-29-46(43)57(45)50-44(30-37(33-53-50)41-25-17-16-24-40(41)34-18-10-7-11-19-34)49-55-47(35-20-12-8-13-21-35)54-48(56-49)36-22-14-9-15-23-36/h1-37H;7-33H,1-6H3. The molecule has 0 atom stereocenters. The van der Waals surface area contributed by atoms with Crippen molar-refractivity contribution in [2.75, 3.05) is 0 Å². The molecule has 0 aliphatic carbocycles. The van der Waals surface area contributed by atoms with E-state index in [1.54, 1.807) is 0 Å². The molecule has 118 heavy (non-hydrogen) atoms. The van der Waals surface area contributed by atoms with Gasteiger partial charge in [0.05, 0.1) is 33.2 Å². The van der Waals surface area contributed by atoms with Crippen LogP contribution in [0.2, 0.25) is 0 Å². The molecule has 0 radical (unpaired) electrons. The molecule has 10 nitrogen and oxygen atoms in total. The van der Waals surface area contributed by atoms with Gasteiger partial charge < -0.3 is 0 Å². The Labute approximate surface area is 687 Å². The maximum Gasteiger partial charge on any atom is 0.167 e. The number of benzene rings is 14. The normalized spacial score (nSPS) is 11.6. The number of fused-ring (bicyclic) bond motifs is 6. The molecular formula is C108H82N10. The fourth-order valence-corrected chi connectivity index (χ4v) is 16.0. The van der Waals surface area contributed by atoms with Crippen molar-refractivity contribution in [2.45, 2.75) is 52.4 Å². The lowest BCUT2D eigenvalue weighted by Gasteiger charge is -2.19. The zero-order valence-corrected chi connectivity index (χ0v) is 66.4. The van der Waals surface area contributed by atoms with E-state index < -0.39 is 0 Å².